The van der Waals surface area contributed by atoms with E-state index in [2.05, 4.69) is 4.98 Å². The van der Waals surface area contributed by atoms with Crippen LogP contribution in [0.25, 0.3) is 0 Å². The van der Waals surface area contributed by atoms with Crippen molar-refractivity contribution in [1.29, 1.82) is 0 Å². The number of methoxy groups -OCH3 is 1. The monoisotopic (exact) mass is 301 g/mol. The minimum absolute atomic E-state index is 0.0215. The van der Waals surface area contributed by atoms with Crippen molar-refractivity contribution in [2.24, 2.45) is 0 Å². The van der Waals surface area contributed by atoms with Crippen LogP contribution in [0.5, 0.6) is 5.75 Å². The number of aromatic nitrogens is 1. The molecule has 2 aromatic rings. The van der Waals surface area contributed by atoms with Gasteiger partial charge in [-0.05, 0) is 23.8 Å². The van der Waals surface area contributed by atoms with Gasteiger partial charge in [0.15, 0.2) is 11.6 Å². The van der Waals surface area contributed by atoms with Crippen molar-refractivity contribution in [2.75, 3.05) is 7.11 Å². The van der Waals surface area contributed by atoms with Crippen LogP contribution in [0.3, 0.4) is 0 Å². The average molecular weight is 301 g/mol. The molecule has 1 aromatic heterocycles. The lowest BCUT2D eigenvalue weighted by Crippen LogP contribution is -2.13. The zero-order valence-electron chi connectivity index (χ0n) is 10.9. The largest absolute Gasteiger partial charge is 0.494 e. The topological polar surface area (TPSA) is 42.4 Å². The zero-order chi connectivity index (χ0) is 15.6. The molecule has 0 radical (unpaired) electrons. The first-order valence-corrected chi connectivity index (χ1v) is 5.87. The van der Waals surface area contributed by atoms with Crippen LogP contribution in [0.15, 0.2) is 36.7 Å². The van der Waals surface area contributed by atoms with E-state index in [9.17, 15) is 22.7 Å². The van der Waals surface area contributed by atoms with Crippen molar-refractivity contribution in [1.82, 2.24) is 4.98 Å². The maximum absolute atomic E-state index is 13.6. The summed E-state index contributed by atoms with van der Waals surface area (Å²) in [6.45, 7) is 0. The highest BCUT2D eigenvalue weighted by molar-refractivity contribution is 5.38. The van der Waals surface area contributed by atoms with Gasteiger partial charge in [-0.3, -0.25) is 4.98 Å². The number of hydrogen-bond donors (Lipinski definition) is 1. The summed E-state index contributed by atoms with van der Waals surface area (Å²) in [4.78, 5) is 3.58. The Hall–Kier alpha value is -2.15. The van der Waals surface area contributed by atoms with E-state index in [4.69, 9.17) is 4.74 Å². The minimum Gasteiger partial charge on any atom is -0.494 e. The van der Waals surface area contributed by atoms with Gasteiger partial charge >= 0.3 is 6.18 Å². The van der Waals surface area contributed by atoms with Gasteiger partial charge in [0, 0.05) is 18.0 Å². The van der Waals surface area contributed by atoms with E-state index >= 15 is 0 Å². The molecule has 7 heteroatoms. The van der Waals surface area contributed by atoms with Gasteiger partial charge in [0.25, 0.3) is 0 Å². The van der Waals surface area contributed by atoms with E-state index in [0.29, 0.717) is 0 Å². The number of hydrogen-bond acceptors (Lipinski definition) is 3. The van der Waals surface area contributed by atoms with Crippen molar-refractivity contribution in [2.45, 2.75) is 12.3 Å². The Kier molecular flexibility index (Phi) is 4.13. The van der Waals surface area contributed by atoms with Gasteiger partial charge < -0.3 is 9.84 Å². The fraction of sp³-hybridized carbons (Fsp3) is 0.214. The molecule has 1 N–H and O–H groups in total. The third kappa shape index (κ3) is 3.13. The minimum atomic E-state index is -4.63. The van der Waals surface area contributed by atoms with Crippen molar-refractivity contribution >= 4 is 0 Å². The number of aliphatic hydroxyl groups is 1. The van der Waals surface area contributed by atoms with Gasteiger partial charge in [-0.2, -0.15) is 13.2 Å². The Morgan fingerprint density at radius 1 is 1.24 bits per heavy atom. The van der Waals surface area contributed by atoms with Crippen LogP contribution in [0.4, 0.5) is 17.6 Å². The highest BCUT2D eigenvalue weighted by Crippen LogP contribution is 2.36. The van der Waals surface area contributed by atoms with Crippen LogP contribution in [-0.2, 0) is 6.18 Å². The molecule has 0 saturated carbocycles. The Bertz CT molecular complexity index is 643. The molecular formula is C14H11F4NO2. The van der Waals surface area contributed by atoms with Crippen LogP contribution in [-0.4, -0.2) is 17.2 Å². The number of alkyl halides is 3. The van der Waals surface area contributed by atoms with Gasteiger partial charge in [0.2, 0.25) is 0 Å². The summed E-state index contributed by atoms with van der Waals surface area (Å²) >= 11 is 0. The molecule has 2 rings (SSSR count). The van der Waals surface area contributed by atoms with Gasteiger partial charge in [0.05, 0.1) is 12.7 Å². The van der Waals surface area contributed by atoms with E-state index in [1.54, 1.807) is 0 Å². The fourth-order valence-electron chi connectivity index (χ4n) is 1.91. The van der Waals surface area contributed by atoms with Gasteiger partial charge in [0.1, 0.15) is 6.10 Å². The second-order valence-corrected chi connectivity index (χ2v) is 4.26. The van der Waals surface area contributed by atoms with Crippen molar-refractivity contribution < 1.29 is 27.4 Å². The van der Waals surface area contributed by atoms with Crippen LogP contribution in [0.2, 0.25) is 0 Å². The lowest BCUT2D eigenvalue weighted by Gasteiger charge is -2.17. The standard InChI is InChI=1S/C14H11F4NO2/c1-21-12-3-2-8(6-11(12)15)13(20)9-7-19-5-4-10(9)14(16,17)18/h2-7,13,20H,1H3. The fourth-order valence-corrected chi connectivity index (χ4v) is 1.91. The molecule has 0 spiro atoms. The molecule has 0 saturated heterocycles. The Labute approximate surface area is 117 Å². The molecule has 1 heterocycles. The van der Waals surface area contributed by atoms with E-state index in [-0.39, 0.29) is 11.3 Å². The van der Waals surface area contributed by atoms with Crippen molar-refractivity contribution in [3.05, 3.63) is 59.2 Å². The van der Waals surface area contributed by atoms with Crippen molar-refractivity contribution in [3.8, 4) is 5.75 Å². The van der Waals surface area contributed by atoms with Crippen LogP contribution in [0.1, 0.15) is 22.8 Å². The summed E-state index contributed by atoms with van der Waals surface area (Å²) < 4.78 is 57.0. The van der Waals surface area contributed by atoms with Gasteiger partial charge in [-0.15, -0.1) is 0 Å². The number of rotatable bonds is 3. The van der Waals surface area contributed by atoms with E-state index in [1.807, 2.05) is 0 Å². The molecule has 21 heavy (non-hydrogen) atoms. The first kappa shape index (κ1) is 15.2. The lowest BCUT2D eigenvalue weighted by molar-refractivity contribution is -0.139. The summed E-state index contributed by atoms with van der Waals surface area (Å²) in [5.74, 6) is -0.834. The molecule has 1 unspecified atom stereocenters. The average Bonchev–Trinajstić information content (AvgIpc) is 2.45. The molecule has 0 aliphatic carbocycles. The first-order valence-electron chi connectivity index (χ1n) is 5.87. The molecule has 0 bridgehead atoms. The molecule has 0 aliphatic heterocycles. The normalized spacial score (nSPS) is 13.0. The predicted octanol–water partition coefficient (Wildman–Crippen LogP) is 3.33. The van der Waals surface area contributed by atoms with E-state index < -0.39 is 29.2 Å². The smallest absolute Gasteiger partial charge is 0.416 e. The molecule has 0 aliphatic rings. The number of ether oxygens (including phenoxy) is 1. The number of pyridine rings is 1. The summed E-state index contributed by atoms with van der Waals surface area (Å²) in [6.07, 6.45) is -4.39. The Balaban J connectivity index is 2.45. The summed E-state index contributed by atoms with van der Waals surface area (Å²) in [5.41, 5.74) is -1.47. The summed E-state index contributed by atoms with van der Waals surface area (Å²) in [6, 6.07) is 4.21. The summed E-state index contributed by atoms with van der Waals surface area (Å²) in [5, 5.41) is 10.1. The maximum atomic E-state index is 13.6. The van der Waals surface area contributed by atoms with Crippen LogP contribution < -0.4 is 4.74 Å². The van der Waals surface area contributed by atoms with E-state index in [0.717, 1.165) is 24.5 Å². The lowest BCUT2D eigenvalue weighted by atomic mass is 9.98. The molecule has 0 amide bonds. The predicted molar refractivity (Wildman–Crippen MR) is 66.3 cm³/mol. The van der Waals surface area contributed by atoms with Gasteiger partial charge in [-0.25, -0.2) is 4.39 Å². The molecule has 1 aromatic carbocycles. The quantitative estimate of drug-likeness (QED) is 0.884. The molecule has 3 nitrogen and oxygen atoms in total. The molecule has 1 atom stereocenters. The van der Waals surface area contributed by atoms with E-state index in [1.165, 1.54) is 19.2 Å². The molecule has 0 fully saturated rings. The number of aliphatic hydroxyl groups excluding tert-OH is 1. The second kappa shape index (κ2) is 5.69. The van der Waals surface area contributed by atoms with Crippen molar-refractivity contribution in [3.63, 3.8) is 0 Å². The SMILES string of the molecule is COc1ccc(C(O)c2cnccc2C(F)(F)F)cc1F. The Morgan fingerprint density at radius 2 is 1.95 bits per heavy atom. The second-order valence-electron chi connectivity index (χ2n) is 4.26. The third-order valence-corrected chi connectivity index (χ3v) is 2.94. The van der Waals surface area contributed by atoms with Crippen LogP contribution >= 0.6 is 0 Å². The molecular weight excluding hydrogens is 290 g/mol. The highest BCUT2D eigenvalue weighted by atomic mass is 19.4. The number of halogens is 4. The zero-order valence-corrected chi connectivity index (χ0v) is 10.9. The third-order valence-electron chi connectivity index (χ3n) is 2.94. The first-order chi connectivity index (χ1) is 9.84. The van der Waals surface area contributed by atoms with Crippen LogP contribution in [0, 0.1) is 5.82 Å². The number of nitrogens with zero attached hydrogens (tertiary/aromatic N) is 1. The highest BCUT2D eigenvalue weighted by Gasteiger charge is 2.35. The maximum Gasteiger partial charge on any atom is 0.416 e. The Morgan fingerprint density at radius 3 is 2.52 bits per heavy atom. The number of benzene rings is 1. The molecule has 112 valence electrons. The van der Waals surface area contributed by atoms with Gasteiger partial charge in [-0.1, -0.05) is 6.07 Å². The summed E-state index contributed by atoms with van der Waals surface area (Å²) in [7, 11) is 1.26.